The van der Waals surface area contributed by atoms with E-state index in [4.69, 9.17) is 9.90 Å². The number of fused-ring (bicyclic) bond motifs is 1. The van der Waals surface area contributed by atoms with E-state index < -0.39 is 12.1 Å². The molecule has 10 heteroatoms. The van der Waals surface area contributed by atoms with Gasteiger partial charge in [-0.2, -0.15) is 13.2 Å². The molecule has 4 rings (SSSR count). The second kappa shape index (κ2) is 8.13. The average Bonchev–Trinajstić information content (AvgIpc) is 3.14. The molecule has 0 fully saturated rings. The number of nitrogens with one attached hydrogen (secondary N) is 2. The average molecular weight is 404 g/mol. The number of carbonyl (C=O) groups excluding carboxylic acids is 1. The van der Waals surface area contributed by atoms with Crippen LogP contribution in [0.3, 0.4) is 0 Å². The number of carboxylic acids is 1. The maximum Gasteiger partial charge on any atom is 0.490 e. The quantitative estimate of drug-likeness (QED) is 0.609. The van der Waals surface area contributed by atoms with Gasteiger partial charge >= 0.3 is 12.1 Å². The van der Waals surface area contributed by atoms with Crippen molar-refractivity contribution in [3.05, 3.63) is 60.2 Å². The zero-order valence-corrected chi connectivity index (χ0v) is 14.8. The second-order valence-electron chi connectivity index (χ2n) is 6.06. The Hall–Kier alpha value is -3.69. The molecule has 3 aromatic heterocycles. The number of hydrogen-bond acceptors (Lipinski definition) is 4. The number of rotatable bonds is 2. The highest BCUT2D eigenvalue weighted by Gasteiger charge is 2.38. The number of halogens is 3. The third kappa shape index (κ3) is 4.78. The molecule has 0 radical (unpaired) electrons. The lowest BCUT2D eigenvalue weighted by Gasteiger charge is -2.10. The predicted octanol–water partition coefficient (Wildman–Crippen LogP) is 3.06. The molecular formula is C19H15F3N4O3. The molecule has 0 aromatic carbocycles. The molecule has 0 spiro atoms. The van der Waals surface area contributed by atoms with Crippen LogP contribution in [0.2, 0.25) is 0 Å². The Morgan fingerprint density at radius 2 is 1.90 bits per heavy atom. The normalized spacial score (nSPS) is 13.0. The van der Waals surface area contributed by atoms with Crippen molar-refractivity contribution in [1.29, 1.82) is 0 Å². The van der Waals surface area contributed by atoms with E-state index in [0.717, 1.165) is 40.2 Å². The highest BCUT2D eigenvalue weighted by atomic mass is 19.4. The van der Waals surface area contributed by atoms with Crippen LogP contribution in [0.4, 0.5) is 13.2 Å². The van der Waals surface area contributed by atoms with Crippen LogP contribution in [0.25, 0.3) is 22.5 Å². The lowest BCUT2D eigenvalue weighted by molar-refractivity contribution is -0.192. The molecule has 0 bridgehead atoms. The van der Waals surface area contributed by atoms with E-state index in [9.17, 15) is 18.0 Å². The van der Waals surface area contributed by atoms with Crippen LogP contribution < -0.4 is 5.32 Å². The van der Waals surface area contributed by atoms with Crippen molar-refractivity contribution in [2.75, 3.05) is 6.54 Å². The van der Waals surface area contributed by atoms with Crippen LogP contribution in [0.5, 0.6) is 0 Å². The van der Waals surface area contributed by atoms with Gasteiger partial charge in [0.15, 0.2) is 0 Å². The molecule has 0 saturated carbocycles. The number of H-pyrrole nitrogens is 1. The minimum atomic E-state index is -5.08. The fourth-order valence-electron chi connectivity index (χ4n) is 2.72. The maximum absolute atomic E-state index is 11.9. The predicted molar refractivity (Wildman–Crippen MR) is 97.0 cm³/mol. The third-order valence-corrected chi connectivity index (χ3v) is 4.08. The molecule has 3 N–H and O–H groups in total. The van der Waals surface area contributed by atoms with E-state index >= 15 is 0 Å². The molecular weight excluding hydrogens is 389 g/mol. The monoisotopic (exact) mass is 404 g/mol. The SMILES string of the molecule is O=C(O)C(F)(F)F.O=C1NCCc2[nH]c(-c3ccnc(-c4cccnc4)c3)cc21. The molecule has 1 amide bonds. The standard InChI is InChI=1S/C17H14N4O.C2HF3O2/c22-17-13-9-16(21-14(13)4-7-20-17)11-3-6-19-15(8-11)12-2-1-5-18-10-12;3-2(4,5)1(6)7/h1-3,5-6,8-10,21H,4,7H2,(H,20,22);(H,6,7). The Morgan fingerprint density at radius 3 is 2.52 bits per heavy atom. The van der Waals surface area contributed by atoms with Crippen LogP contribution in [0.15, 0.2) is 48.9 Å². The van der Waals surface area contributed by atoms with Gasteiger partial charge in [-0.1, -0.05) is 0 Å². The molecule has 150 valence electrons. The van der Waals surface area contributed by atoms with Gasteiger partial charge in [-0.25, -0.2) is 4.79 Å². The van der Waals surface area contributed by atoms with E-state index in [2.05, 4.69) is 20.3 Å². The van der Waals surface area contributed by atoms with Crippen molar-refractivity contribution < 1.29 is 27.9 Å². The first-order chi connectivity index (χ1) is 13.8. The lowest BCUT2D eigenvalue weighted by atomic mass is 10.1. The van der Waals surface area contributed by atoms with Crippen LogP contribution in [-0.2, 0) is 11.2 Å². The molecule has 3 aromatic rings. The van der Waals surface area contributed by atoms with E-state index in [-0.39, 0.29) is 5.91 Å². The molecule has 0 atom stereocenters. The van der Waals surface area contributed by atoms with Crippen molar-refractivity contribution in [3.8, 4) is 22.5 Å². The number of alkyl halides is 3. The van der Waals surface area contributed by atoms with Crippen LogP contribution in [0, 0.1) is 0 Å². The molecule has 7 nitrogen and oxygen atoms in total. The highest BCUT2D eigenvalue weighted by molar-refractivity contribution is 5.97. The van der Waals surface area contributed by atoms with Gasteiger partial charge in [0.05, 0.1) is 11.3 Å². The summed E-state index contributed by atoms with van der Waals surface area (Å²) in [5, 5.41) is 9.99. The Labute approximate surface area is 162 Å². The van der Waals surface area contributed by atoms with E-state index in [1.54, 1.807) is 18.6 Å². The van der Waals surface area contributed by atoms with Gasteiger partial charge in [0.1, 0.15) is 0 Å². The summed E-state index contributed by atoms with van der Waals surface area (Å²) in [4.78, 5) is 32.6. The Balaban J connectivity index is 0.000000298. The summed E-state index contributed by atoms with van der Waals surface area (Å²) in [5.74, 6) is -2.77. The first kappa shape index (κ1) is 20.1. The number of hydrogen-bond donors (Lipinski definition) is 3. The van der Waals surface area contributed by atoms with Crippen LogP contribution in [0.1, 0.15) is 16.1 Å². The summed E-state index contributed by atoms with van der Waals surface area (Å²) in [7, 11) is 0. The summed E-state index contributed by atoms with van der Waals surface area (Å²) in [6, 6.07) is 9.72. The largest absolute Gasteiger partial charge is 0.490 e. The molecule has 4 heterocycles. The van der Waals surface area contributed by atoms with Gasteiger partial charge in [0.2, 0.25) is 0 Å². The number of aliphatic carboxylic acids is 1. The van der Waals surface area contributed by atoms with Crippen molar-refractivity contribution in [2.45, 2.75) is 12.6 Å². The van der Waals surface area contributed by atoms with E-state index in [1.807, 2.05) is 30.3 Å². The summed E-state index contributed by atoms with van der Waals surface area (Å²) >= 11 is 0. The summed E-state index contributed by atoms with van der Waals surface area (Å²) in [6.45, 7) is 0.684. The van der Waals surface area contributed by atoms with Gasteiger partial charge in [-0.15, -0.1) is 0 Å². The number of aromatic nitrogens is 3. The minimum Gasteiger partial charge on any atom is -0.475 e. The van der Waals surface area contributed by atoms with Crippen molar-refractivity contribution in [1.82, 2.24) is 20.3 Å². The van der Waals surface area contributed by atoms with Crippen LogP contribution in [-0.4, -0.2) is 44.7 Å². The molecule has 29 heavy (non-hydrogen) atoms. The fourth-order valence-corrected chi connectivity index (χ4v) is 2.72. The number of amides is 1. The Morgan fingerprint density at radius 1 is 1.14 bits per heavy atom. The summed E-state index contributed by atoms with van der Waals surface area (Å²) in [6.07, 6.45) is 1.06. The van der Waals surface area contributed by atoms with Crippen molar-refractivity contribution in [3.63, 3.8) is 0 Å². The molecule has 0 unspecified atom stereocenters. The van der Waals surface area contributed by atoms with Gasteiger partial charge in [0, 0.05) is 54.1 Å². The smallest absolute Gasteiger partial charge is 0.475 e. The number of pyridine rings is 2. The second-order valence-corrected chi connectivity index (χ2v) is 6.06. The first-order valence-electron chi connectivity index (χ1n) is 8.42. The maximum atomic E-state index is 11.9. The zero-order chi connectivity index (χ0) is 21.0. The van der Waals surface area contributed by atoms with Crippen LogP contribution >= 0.6 is 0 Å². The molecule has 1 aliphatic rings. The Kier molecular flexibility index (Phi) is 5.62. The number of carbonyl (C=O) groups is 2. The zero-order valence-electron chi connectivity index (χ0n) is 14.8. The van der Waals surface area contributed by atoms with Gasteiger partial charge < -0.3 is 15.4 Å². The molecule has 1 aliphatic heterocycles. The topological polar surface area (TPSA) is 108 Å². The minimum absolute atomic E-state index is 0.00899. The Bertz CT molecular complexity index is 1030. The van der Waals surface area contributed by atoms with Crippen molar-refractivity contribution in [2.24, 2.45) is 0 Å². The number of carboxylic acid groups (broad SMARTS) is 1. The van der Waals surface area contributed by atoms with Gasteiger partial charge in [-0.3, -0.25) is 14.8 Å². The van der Waals surface area contributed by atoms with E-state index in [0.29, 0.717) is 6.54 Å². The van der Waals surface area contributed by atoms with Gasteiger partial charge in [0.25, 0.3) is 5.91 Å². The fraction of sp³-hybridized carbons (Fsp3) is 0.158. The number of nitrogens with zero attached hydrogens (tertiary/aromatic N) is 2. The lowest BCUT2D eigenvalue weighted by Crippen LogP contribution is -2.31. The van der Waals surface area contributed by atoms with Crippen molar-refractivity contribution >= 4 is 11.9 Å². The summed E-state index contributed by atoms with van der Waals surface area (Å²) in [5.41, 5.74) is 5.52. The number of aromatic amines is 1. The third-order valence-electron chi connectivity index (χ3n) is 4.08. The van der Waals surface area contributed by atoms with Gasteiger partial charge in [-0.05, 0) is 30.3 Å². The highest BCUT2D eigenvalue weighted by Crippen LogP contribution is 2.26. The molecule has 0 saturated heterocycles. The summed E-state index contributed by atoms with van der Waals surface area (Å²) < 4.78 is 31.7. The first-order valence-corrected chi connectivity index (χ1v) is 8.42. The molecule has 0 aliphatic carbocycles. The van der Waals surface area contributed by atoms with E-state index in [1.165, 1.54) is 0 Å².